The lowest BCUT2D eigenvalue weighted by atomic mass is 9.71. The predicted octanol–water partition coefficient (Wildman–Crippen LogP) is 12.4. The summed E-state index contributed by atoms with van der Waals surface area (Å²) in [5.41, 5.74) is 7.10. The van der Waals surface area contributed by atoms with Crippen LogP contribution in [0.1, 0.15) is 149 Å². The number of fused-ring (bicyclic) bond motifs is 2. The molecule has 5 heteroatoms. The summed E-state index contributed by atoms with van der Waals surface area (Å²) >= 11 is 0. The van der Waals surface area contributed by atoms with Gasteiger partial charge in [-0.05, 0) is 125 Å². The molecule has 3 N–H and O–H groups in total. The molecule has 282 valence electrons. The first kappa shape index (κ1) is 40.8. The van der Waals surface area contributed by atoms with E-state index in [1.165, 1.54) is 11.1 Å². The van der Waals surface area contributed by atoms with Gasteiger partial charge >= 0.3 is 7.94 Å². The standard InChI is InChI=1S/C48H62O4P/c1-28(49)41-36(35-23-29-17-19-33(44(2,3)4)21-31(29)25-38(35)46(8,9)10)27-40(53(50,51)52)43(48(14,15)16)42(41)37-24-30-18-20-34(45(5,6)7)22-32(30)26-39(37)47(11,12)13/h17-27,50-52H,1-16H3/q+1. The van der Waals surface area contributed by atoms with Crippen molar-refractivity contribution in [1.82, 2.24) is 0 Å². The molecule has 5 aromatic carbocycles. The van der Waals surface area contributed by atoms with Crippen LogP contribution < -0.4 is 5.30 Å². The molecule has 5 rings (SSSR count). The fourth-order valence-corrected chi connectivity index (χ4v) is 8.76. The van der Waals surface area contributed by atoms with E-state index in [0.29, 0.717) is 22.3 Å². The molecule has 0 aliphatic rings. The van der Waals surface area contributed by atoms with Crippen molar-refractivity contribution >= 4 is 40.6 Å². The molecule has 0 unspecified atom stereocenters. The summed E-state index contributed by atoms with van der Waals surface area (Å²) in [4.78, 5) is 48.5. The van der Waals surface area contributed by atoms with Gasteiger partial charge < -0.3 is 0 Å². The van der Waals surface area contributed by atoms with Crippen molar-refractivity contribution in [3.05, 3.63) is 100 Å². The van der Waals surface area contributed by atoms with Crippen LogP contribution in [0.2, 0.25) is 0 Å². The molecule has 0 spiro atoms. The lowest BCUT2D eigenvalue weighted by molar-refractivity contribution is 0.101. The molecule has 0 aliphatic carbocycles. The van der Waals surface area contributed by atoms with Crippen molar-refractivity contribution in [2.75, 3.05) is 0 Å². The summed E-state index contributed by atoms with van der Waals surface area (Å²) < 4.78 is 0. The zero-order valence-corrected chi connectivity index (χ0v) is 35.9. The average Bonchev–Trinajstić information content (AvgIpc) is 2.99. The molecule has 0 bridgehead atoms. The van der Waals surface area contributed by atoms with Crippen molar-refractivity contribution in [3.63, 3.8) is 0 Å². The van der Waals surface area contributed by atoms with E-state index in [2.05, 4.69) is 144 Å². The number of rotatable bonds is 4. The highest BCUT2D eigenvalue weighted by atomic mass is 31.2. The number of carbonyl (C=O) groups excluding carboxylic acids is 1. The van der Waals surface area contributed by atoms with Crippen LogP contribution in [0.3, 0.4) is 0 Å². The van der Waals surface area contributed by atoms with Crippen molar-refractivity contribution in [1.29, 1.82) is 0 Å². The first-order valence-corrected chi connectivity index (χ1v) is 20.5. The highest BCUT2D eigenvalue weighted by molar-refractivity contribution is 7.66. The summed E-state index contributed by atoms with van der Waals surface area (Å²) in [5.74, 6) is -0.129. The third-order valence-corrected chi connectivity index (χ3v) is 11.6. The highest BCUT2D eigenvalue weighted by Crippen LogP contribution is 2.53. The van der Waals surface area contributed by atoms with Crippen molar-refractivity contribution in [3.8, 4) is 22.3 Å². The van der Waals surface area contributed by atoms with Crippen LogP contribution in [0.5, 0.6) is 0 Å². The molecule has 5 aromatic rings. The average molecular weight is 734 g/mol. The molecule has 0 saturated carbocycles. The van der Waals surface area contributed by atoms with Crippen LogP contribution in [0.25, 0.3) is 43.8 Å². The molecule has 0 fully saturated rings. The zero-order chi connectivity index (χ0) is 40.0. The highest BCUT2D eigenvalue weighted by Gasteiger charge is 2.45. The molecule has 0 saturated heterocycles. The number of benzene rings is 5. The maximum atomic E-state index is 14.5. The second-order valence-corrected chi connectivity index (χ2v) is 22.0. The first-order chi connectivity index (χ1) is 23.9. The molecule has 0 atom stereocenters. The molecular formula is C48H62O4P+. The molecule has 4 nitrogen and oxygen atoms in total. The van der Waals surface area contributed by atoms with Gasteiger partial charge in [-0.1, -0.05) is 140 Å². The fourth-order valence-electron chi connectivity index (χ4n) is 7.71. The fraction of sp³-hybridized carbons (Fsp3) is 0.438. The van der Waals surface area contributed by atoms with Crippen LogP contribution in [0, 0.1) is 0 Å². The van der Waals surface area contributed by atoms with Crippen LogP contribution in [-0.2, 0) is 27.1 Å². The van der Waals surface area contributed by atoms with Crippen LogP contribution in [0.4, 0.5) is 0 Å². The van der Waals surface area contributed by atoms with Gasteiger partial charge in [0.25, 0.3) is 0 Å². The monoisotopic (exact) mass is 733 g/mol. The van der Waals surface area contributed by atoms with Gasteiger partial charge in [0.15, 0.2) is 11.1 Å². The Labute approximate surface area is 319 Å². The van der Waals surface area contributed by atoms with Gasteiger partial charge in [-0.3, -0.25) is 4.79 Å². The van der Waals surface area contributed by atoms with Gasteiger partial charge in [0.1, 0.15) is 0 Å². The SMILES string of the molecule is CC(=O)c1c(-c2cc3ccc(C(C)(C)C)cc3cc2C(C)(C)C)cc([P+](O)(O)O)c(C(C)(C)C)c1-c1cc2ccc(C(C)(C)C)cc2cc1C(C)(C)C. The third kappa shape index (κ3) is 8.04. The Morgan fingerprint density at radius 1 is 0.472 bits per heavy atom. The van der Waals surface area contributed by atoms with Gasteiger partial charge in [-0.2, -0.15) is 14.7 Å². The second kappa shape index (κ2) is 13.1. The Kier molecular flexibility index (Phi) is 10.1. The van der Waals surface area contributed by atoms with Gasteiger partial charge in [0, 0.05) is 16.7 Å². The lowest BCUT2D eigenvalue weighted by Crippen LogP contribution is -2.29. The first-order valence-electron chi connectivity index (χ1n) is 18.9. The van der Waals surface area contributed by atoms with E-state index in [9.17, 15) is 19.5 Å². The number of hydrogen-bond acceptors (Lipinski definition) is 4. The smallest absolute Gasteiger partial charge is 0.294 e. The van der Waals surface area contributed by atoms with Crippen LogP contribution in [0.15, 0.2) is 66.7 Å². The molecule has 0 aromatic heterocycles. The number of Topliss-reactive ketones (excluding diaryl/α,β-unsaturated/α-hetero) is 1. The topological polar surface area (TPSA) is 77.8 Å². The van der Waals surface area contributed by atoms with E-state index in [-0.39, 0.29) is 32.7 Å². The molecule has 0 radical (unpaired) electrons. The summed E-state index contributed by atoms with van der Waals surface area (Å²) in [7, 11) is -4.62. The Balaban J connectivity index is 2.07. The molecular weight excluding hydrogens is 671 g/mol. The summed E-state index contributed by atoms with van der Waals surface area (Å²) in [6.45, 7) is 33.9. The third-order valence-electron chi connectivity index (χ3n) is 10.6. The minimum atomic E-state index is -4.62. The van der Waals surface area contributed by atoms with E-state index < -0.39 is 13.4 Å². The van der Waals surface area contributed by atoms with Crippen molar-refractivity contribution in [2.24, 2.45) is 0 Å². The zero-order valence-electron chi connectivity index (χ0n) is 35.0. The molecule has 53 heavy (non-hydrogen) atoms. The quantitative estimate of drug-likeness (QED) is 0.127. The van der Waals surface area contributed by atoms with E-state index in [0.717, 1.165) is 43.8 Å². The van der Waals surface area contributed by atoms with Crippen molar-refractivity contribution in [2.45, 2.75) is 138 Å². The van der Waals surface area contributed by atoms with E-state index in [4.69, 9.17) is 0 Å². The van der Waals surface area contributed by atoms with Gasteiger partial charge in [-0.15, -0.1) is 0 Å². The van der Waals surface area contributed by atoms with Gasteiger partial charge in [0.05, 0.1) is 0 Å². The maximum Gasteiger partial charge on any atom is 0.441 e. The second-order valence-electron chi connectivity index (χ2n) is 20.4. The molecule has 0 aliphatic heterocycles. The van der Waals surface area contributed by atoms with E-state index >= 15 is 0 Å². The Hall–Kier alpha value is -3.40. The minimum absolute atomic E-state index is 0.0293. The van der Waals surface area contributed by atoms with E-state index in [1.54, 1.807) is 13.0 Å². The van der Waals surface area contributed by atoms with Crippen molar-refractivity contribution < 1.29 is 19.5 Å². The summed E-state index contributed by atoms with van der Waals surface area (Å²) in [6.07, 6.45) is 0. The van der Waals surface area contributed by atoms with Gasteiger partial charge in [-0.25, -0.2) is 0 Å². The Morgan fingerprint density at radius 3 is 1.25 bits per heavy atom. The summed E-state index contributed by atoms with van der Waals surface area (Å²) in [5, 5.41) is 4.33. The Morgan fingerprint density at radius 2 is 0.887 bits per heavy atom. The van der Waals surface area contributed by atoms with E-state index in [1.807, 2.05) is 20.8 Å². The van der Waals surface area contributed by atoms with Crippen LogP contribution in [-0.4, -0.2) is 20.5 Å². The summed E-state index contributed by atoms with van der Waals surface area (Å²) in [6, 6.07) is 23.6. The lowest BCUT2D eigenvalue weighted by Gasteiger charge is -2.33. The largest absolute Gasteiger partial charge is 0.441 e. The Bertz CT molecular complexity index is 2250. The molecule has 0 amide bonds. The normalized spacial score (nSPS) is 13.6. The maximum absolute atomic E-state index is 14.5. The minimum Gasteiger partial charge on any atom is -0.294 e. The number of carbonyl (C=O) groups is 1. The molecule has 0 heterocycles. The number of hydrogen-bond donors (Lipinski definition) is 3. The van der Waals surface area contributed by atoms with Crippen LogP contribution >= 0.6 is 7.94 Å². The number of ketones is 1. The predicted molar refractivity (Wildman–Crippen MR) is 229 cm³/mol. The van der Waals surface area contributed by atoms with Gasteiger partial charge in [0.2, 0.25) is 0 Å².